The third-order valence-corrected chi connectivity index (χ3v) is 4.44. The molecule has 110 valence electrons. The highest BCUT2D eigenvalue weighted by Crippen LogP contribution is 2.14. The van der Waals surface area contributed by atoms with E-state index >= 15 is 0 Å². The number of carbonyl (C=O) groups is 1. The second kappa shape index (κ2) is 7.23. The Morgan fingerprint density at radius 3 is 2.50 bits per heavy atom. The number of halogens is 1. The molecule has 0 saturated carbocycles. The van der Waals surface area contributed by atoms with Crippen LogP contribution in [0.2, 0.25) is 0 Å². The van der Waals surface area contributed by atoms with E-state index in [9.17, 15) is 4.79 Å². The Balaban J connectivity index is 1.76. The average Bonchev–Trinajstić information content (AvgIpc) is 2.42. The zero-order chi connectivity index (χ0) is 14.5. The minimum atomic E-state index is 0.200. The molecular formula is C16H23BrN2O. The van der Waals surface area contributed by atoms with Crippen LogP contribution in [0.5, 0.6) is 0 Å². The lowest BCUT2D eigenvalue weighted by atomic mass is 10.0. The van der Waals surface area contributed by atoms with Gasteiger partial charge in [0.25, 0.3) is 0 Å². The fourth-order valence-corrected chi connectivity index (χ4v) is 3.06. The average molecular weight is 339 g/mol. The predicted molar refractivity (Wildman–Crippen MR) is 85.7 cm³/mol. The Hall–Kier alpha value is -0.870. The Kier molecular flexibility index (Phi) is 5.61. The molecule has 1 aliphatic rings. The molecule has 1 heterocycles. The number of nitrogens with zero attached hydrogens (tertiary/aromatic N) is 1. The Morgan fingerprint density at radius 1 is 1.35 bits per heavy atom. The van der Waals surface area contributed by atoms with Crippen LogP contribution in [0.4, 0.5) is 0 Å². The summed E-state index contributed by atoms with van der Waals surface area (Å²) < 4.78 is 1.12. The van der Waals surface area contributed by atoms with Crippen LogP contribution >= 0.6 is 15.9 Å². The van der Waals surface area contributed by atoms with Crippen molar-refractivity contribution in [2.75, 3.05) is 13.1 Å². The van der Waals surface area contributed by atoms with Crippen LogP contribution < -0.4 is 5.32 Å². The second-order valence-electron chi connectivity index (χ2n) is 5.68. The van der Waals surface area contributed by atoms with Crippen molar-refractivity contribution in [1.29, 1.82) is 0 Å². The van der Waals surface area contributed by atoms with Crippen molar-refractivity contribution in [3.63, 3.8) is 0 Å². The van der Waals surface area contributed by atoms with Crippen LogP contribution in [-0.2, 0) is 11.2 Å². The molecule has 0 aliphatic carbocycles. The number of nitrogens with one attached hydrogen (secondary N) is 1. The number of benzene rings is 1. The number of piperidine rings is 1. The maximum Gasteiger partial charge on any atom is 0.219 e. The number of amides is 1. The third-order valence-electron chi connectivity index (χ3n) is 3.92. The van der Waals surface area contributed by atoms with Crippen LogP contribution in [0, 0.1) is 0 Å². The summed E-state index contributed by atoms with van der Waals surface area (Å²) in [6.07, 6.45) is 3.16. The minimum Gasteiger partial charge on any atom is -0.343 e. The Bertz CT molecular complexity index is 438. The van der Waals surface area contributed by atoms with Gasteiger partial charge in [-0.2, -0.15) is 0 Å². The van der Waals surface area contributed by atoms with Crippen molar-refractivity contribution < 1.29 is 4.79 Å². The van der Waals surface area contributed by atoms with Crippen LogP contribution in [0.1, 0.15) is 32.3 Å². The van der Waals surface area contributed by atoms with E-state index in [0.29, 0.717) is 12.1 Å². The van der Waals surface area contributed by atoms with Gasteiger partial charge in [-0.05, 0) is 43.9 Å². The molecule has 0 spiro atoms. The molecule has 1 N–H and O–H groups in total. The first-order valence-electron chi connectivity index (χ1n) is 7.30. The standard InChI is InChI=1S/C16H23BrN2O/c1-12(11-14-3-5-15(17)6-4-14)18-16-7-9-19(10-8-16)13(2)20/h3-6,12,16,18H,7-11H2,1-2H3. The predicted octanol–water partition coefficient (Wildman–Crippen LogP) is 2.98. The van der Waals surface area contributed by atoms with E-state index < -0.39 is 0 Å². The van der Waals surface area contributed by atoms with Gasteiger partial charge in [0.15, 0.2) is 0 Å². The zero-order valence-electron chi connectivity index (χ0n) is 12.2. The van der Waals surface area contributed by atoms with Gasteiger partial charge in [-0.15, -0.1) is 0 Å². The van der Waals surface area contributed by atoms with Gasteiger partial charge in [-0.3, -0.25) is 4.79 Å². The number of hydrogen-bond donors (Lipinski definition) is 1. The molecule has 1 atom stereocenters. The van der Waals surface area contributed by atoms with Gasteiger partial charge in [0.2, 0.25) is 5.91 Å². The van der Waals surface area contributed by atoms with Gasteiger partial charge in [-0.1, -0.05) is 28.1 Å². The summed E-state index contributed by atoms with van der Waals surface area (Å²) >= 11 is 3.46. The van der Waals surface area contributed by atoms with Crippen molar-refractivity contribution in [3.8, 4) is 0 Å². The van der Waals surface area contributed by atoms with Crippen molar-refractivity contribution in [1.82, 2.24) is 10.2 Å². The quantitative estimate of drug-likeness (QED) is 0.915. The minimum absolute atomic E-state index is 0.200. The zero-order valence-corrected chi connectivity index (χ0v) is 13.8. The van der Waals surface area contributed by atoms with Crippen molar-refractivity contribution >= 4 is 21.8 Å². The molecule has 1 saturated heterocycles. The maximum atomic E-state index is 11.3. The largest absolute Gasteiger partial charge is 0.343 e. The van der Waals surface area contributed by atoms with Crippen molar-refractivity contribution in [2.24, 2.45) is 0 Å². The molecule has 3 nitrogen and oxygen atoms in total. The fourth-order valence-electron chi connectivity index (χ4n) is 2.80. The van der Waals surface area contributed by atoms with E-state index in [0.717, 1.165) is 36.8 Å². The molecule has 1 aromatic rings. The molecule has 2 rings (SSSR count). The third kappa shape index (κ3) is 4.60. The molecule has 1 aromatic carbocycles. The number of hydrogen-bond acceptors (Lipinski definition) is 2. The van der Waals surface area contributed by atoms with Gasteiger partial charge in [0.05, 0.1) is 0 Å². The lowest BCUT2D eigenvalue weighted by Crippen LogP contribution is -2.47. The molecule has 1 amide bonds. The highest BCUT2D eigenvalue weighted by molar-refractivity contribution is 9.10. The van der Waals surface area contributed by atoms with E-state index in [2.05, 4.69) is 52.4 Å². The van der Waals surface area contributed by atoms with Gasteiger partial charge >= 0.3 is 0 Å². The number of rotatable bonds is 4. The van der Waals surface area contributed by atoms with Crippen LogP contribution in [0.3, 0.4) is 0 Å². The molecule has 1 fully saturated rings. The summed E-state index contributed by atoms with van der Waals surface area (Å²) in [7, 11) is 0. The van der Waals surface area contributed by atoms with E-state index in [-0.39, 0.29) is 5.91 Å². The summed E-state index contributed by atoms with van der Waals surface area (Å²) in [6.45, 7) is 5.67. The van der Waals surface area contributed by atoms with E-state index in [1.54, 1.807) is 6.92 Å². The normalized spacial score (nSPS) is 18.1. The lowest BCUT2D eigenvalue weighted by molar-refractivity contribution is -0.129. The van der Waals surface area contributed by atoms with Crippen molar-refractivity contribution in [3.05, 3.63) is 34.3 Å². The molecular weight excluding hydrogens is 316 g/mol. The van der Waals surface area contributed by atoms with E-state index in [1.165, 1.54) is 5.56 Å². The summed E-state index contributed by atoms with van der Waals surface area (Å²) in [4.78, 5) is 13.2. The number of carbonyl (C=O) groups excluding carboxylic acids is 1. The van der Waals surface area contributed by atoms with E-state index in [1.807, 2.05) is 4.90 Å². The SMILES string of the molecule is CC(=O)N1CCC(NC(C)Cc2ccc(Br)cc2)CC1. The fraction of sp³-hybridized carbons (Fsp3) is 0.562. The van der Waals surface area contributed by atoms with Gasteiger partial charge in [0, 0.05) is 36.6 Å². The van der Waals surface area contributed by atoms with E-state index in [4.69, 9.17) is 0 Å². The summed E-state index contributed by atoms with van der Waals surface area (Å²) in [5.41, 5.74) is 1.36. The highest BCUT2D eigenvalue weighted by atomic mass is 79.9. The van der Waals surface area contributed by atoms with Gasteiger partial charge < -0.3 is 10.2 Å². The van der Waals surface area contributed by atoms with Gasteiger partial charge in [0.1, 0.15) is 0 Å². The molecule has 20 heavy (non-hydrogen) atoms. The maximum absolute atomic E-state index is 11.3. The topological polar surface area (TPSA) is 32.3 Å². The number of likely N-dealkylation sites (tertiary alicyclic amines) is 1. The second-order valence-corrected chi connectivity index (χ2v) is 6.59. The molecule has 0 radical (unpaired) electrons. The molecule has 4 heteroatoms. The summed E-state index contributed by atoms with van der Waals surface area (Å²) in [5, 5.41) is 3.69. The lowest BCUT2D eigenvalue weighted by Gasteiger charge is -2.33. The Morgan fingerprint density at radius 2 is 1.95 bits per heavy atom. The van der Waals surface area contributed by atoms with Crippen LogP contribution in [0.25, 0.3) is 0 Å². The highest BCUT2D eigenvalue weighted by Gasteiger charge is 2.21. The first-order chi connectivity index (χ1) is 9.54. The molecule has 1 aliphatic heterocycles. The molecule has 1 unspecified atom stereocenters. The van der Waals surface area contributed by atoms with Crippen LogP contribution in [0.15, 0.2) is 28.7 Å². The monoisotopic (exact) mass is 338 g/mol. The summed E-state index contributed by atoms with van der Waals surface area (Å²) in [5.74, 6) is 0.200. The first kappa shape index (κ1) is 15.5. The smallest absolute Gasteiger partial charge is 0.219 e. The van der Waals surface area contributed by atoms with Gasteiger partial charge in [-0.25, -0.2) is 0 Å². The van der Waals surface area contributed by atoms with Crippen molar-refractivity contribution in [2.45, 2.75) is 45.2 Å². The summed E-state index contributed by atoms with van der Waals surface area (Å²) in [6, 6.07) is 9.52. The molecule has 0 aromatic heterocycles. The Labute approximate surface area is 129 Å². The first-order valence-corrected chi connectivity index (χ1v) is 8.10. The van der Waals surface area contributed by atoms with Crippen LogP contribution in [-0.4, -0.2) is 36.0 Å². The molecule has 0 bridgehead atoms.